The molecule has 2 heterocycles. The average molecular weight is 296 g/mol. The minimum atomic E-state index is 0.164. The Morgan fingerprint density at radius 2 is 2.25 bits per heavy atom. The third-order valence-electron chi connectivity index (χ3n) is 4.35. The summed E-state index contributed by atoms with van der Waals surface area (Å²) in [5, 5.41) is 4.15. The van der Waals surface area contributed by atoms with Gasteiger partial charge in [0.1, 0.15) is 5.75 Å². The van der Waals surface area contributed by atoms with Crippen molar-refractivity contribution < 1.29 is 9.47 Å². The molecule has 20 heavy (non-hydrogen) atoms. The van der Waals surface area contributed by atoms with Gasteiger partial charge in [0, 0.05) is 30.0 Å². The van der Waals surface area contributed by atoms with E-state index in [1.54, 1.807) is 0 Å². The highest BCUT2D eigenvalue weighted by Crippen LogP contribution is 2.39. The lowest BCUT2D eigenvalue weighted by molar-refractivity contribution is -0.00647. The van der Waals surface area contributed by atoms with Gasteiger partial charge in [-0.1, -0.05) is 11.6 Å². The van der Waals surface area contributed by atoms with Crippen LogP contribution in [0.15, 0.2) is 12.1 Å². The Hall–Kier alpha value is -0.770. The zero-order chi connectivity index (χ0) is 14.0. The molecule has 0 radical (unpaired) electrons. The molecule has 0 aromatic heterocycles. The Bertz CT molecular complexity index is 478. The molecule has 0 spiro atoms. The van der Waals surface area contributed by atoms with Crippen molar-refractivity contribution in [3.63, 3.8) is 0 Å². The molecule has 1 saturated heterocycles. The van der Waals surface area contributed by atoms with Crippen LogP contribution < -0.4 is 10.1 Å². The number of halogens is 1. The molecule has 1 aromatic rings. The Morgan fingerprint density at radius 3 is 3.00 bits per heavy atom. The van der Waals surface area contributed by atoms with E-state index in [2.05, 4.69) is 11.4 Å². The maximum absolute atomic E-state index is 6.27. The molecule has 3 rings (SSSR count). The molecule has 1 aromatic carbocycles. The second-order valence-electron chi connectivity index (χ2n) is 6.01. The van der Waals surface area contributed by atoms with Crippen molar-refractivity contribution in [2.24, 2.45) is 5.41 Å². The number of fused-ring (bicyclic) bond motifs is 1. The number of nitrogens with one attached hydrogen (secondary N) is 1. The highest BCUT2D eigenvalue weighted by Gasteiger charge is 2.34. The van der Waals surface area contributed by atoms with Gasteiger partial charge < -0.3 is 14.8 Å². The third kappa shape index (κ3) is 2.80. The largest absolute Gasteiger partial charge is 0.493 e. The zero-order valence-corrected chi connectivity index (χ0v) is 12.8. The second-order valence-corrected chi connectivity index (χ2v) is 6.45. The summed E-state index contributed by atoms with van der Waals surface area (Å²) in [6, 6.07) is 4.10. The summed E-state index contributed by atoms with van der Waals surface area (Å²) in [6.45, 7) is 3.44. The predicted octanol–water partition coefficient (Wildman–Crippen LogP) is 2.83. The van der Waals surface area contributed by atoms with Crippen molar-refractivity contribution in [3.05, 3.63) is 28.3 Å². The topological polar surface area (TPSA) is 30.5 Å². The molecule has 4 heteroatoms. The SMILES string of the molecule is CNCC1(Cc2cc(Cl)cc3c2OCC3)CCCOC1. The van der Waals surface area contributed by atoms with E-state index >= 15 is 0 Å². The summed E-state index contributed by atoms with van der Waals surface area (Å²) < 4.78 is 11.6. The van der Waals surface area contributed by atoms with Crippen LogP contribution in [0.2, 0.25) is 5.02 Å². The summed E-state index contributed by atoms with van der Waals surface area (Å²) in [4.78, 5) is 0. The van der Waals surface area contributed by atoms with Gasteiger partial charge >= 0.3 is 0 Å². The fourth-order valence-corrected chi connectivity index (χ4v) is 3.77. The summed E-state index contributed by atoms with van der Waals surface area (Å²) >= 11 is 6.27. The minimum absolute atomic E-state index is 0.164. The minimum Gasteiger partial charge on any atom is -0.493 e. The molecular formula is C16H22ClNO2. The van der Waals surface area contributed by atoms with Gasteiger partial charge in [0.25, 0.3) is 0 Å². The van der Waals surface area contributed by atoms with E-state index in [0.717, 1.165) is 56.4 Å². The van der Waals surface area contributed by atoms with Crippen LogP contribution in [0.25, 0.3) is 0 Å². The molecule has 0 amide bonds. The lowest BCUT2D eigenvalue weighted by Crippen LogP contribution is -2.41. The smallest absolute Gasteiger partial charge is 0.125 e. The van der Waals surface area contributed by atoms with Gasteiger partial charge in [-0.15, -0.1) is 0 Å². The highest BCUT2D eigenvalue weighted by molar-refractivity contribution is 6.30. The van der Waals surface area contributed by atoms with Gasteiger partial charge in [-0.3, -0.25) is 0 Å². The van der Waals surface area contributed by atoms with Crippen molar-refractivity contribution in [2.75, 3.05) is 33.4 Å². The molecule has 1 fully saturated rings. The Balaban J connectivity index is 1.89. The third-order valence-corrected chi connectivity index (χ3v) is 4.56. The average Bonchev–Trinajstić information content (AvgIpc) is 2.88. The van der Waals surface area contributed by atoms with E-state index in [9.17, 15) is 0 Å². The van der Waals surface area contributed by atoms with Crippen LogP contribution in [0, 0.1) is 5.41 Å². The quantitative estimate of drug-likeness (QED) is 0.926. The Morgan fingerprint density at radius 1 is 1.35 bits per heavy atom. The summed E-state index contributed by atoms with van der Waals surface area (Å²) in [5.74, 6) is 1.07. The van der Waals surface area contributed by atoms with E-state index in [1.807, 2.05) is 13.1 Å². The highest BCUT2D eigenvalue weighted by atomic mass is 35.5. The van der Waals surface area contributed by atoms with E-state index in [-0.39, 0.29) is 5.41 Å². The molecule has 0 bridgehead atoms. The number of hydrogen-bond acceptors (Lipinski definition) is 3. The van der Waals surface area contributed by atoms with Gasteiger partial charge in [-0.25, -0.2) is 0 Å². The second kappa shape index (κ2) is 5.92. The van der Waals surface area contributed by atoms with Crippen molar-refractivity contribution in [2.45, 2.75) is 25.7 Å². The number of rotatable bonds is 4. The maximum Gasteiger partial charge on any atom is 0.125 e. The first-order valence-electron chi connectivity index (χ1n) is 7.39. The number of hydrogen-bond donors (Lipinski definition) is 1. The van der Waals surface area contributed by atoms with Crippen molar-refractivity contribution in [1.29, 1.82) is 0 Å². The summed E-state index contributed by atoms with van der Waals surface area (Å²) in [5.41, 5.74) is 2.66. The van der Waals surface area contributed by atoms with Crippen LogP contribution in [0.1, 0.15) is 24.0 Å². The summed E-state index contributed by atoms with van der Waals surface area (Å²) in [7, 11) is 2.01. The van der Waals surface area contributed by atoms with Gasteiger partial charge in [0.05, 0.1) is 13.2 Å². The zero-order valence-electron chi connectivity index (χ0n) is 12.0. The van der Waals surface area contributed by atoms with E-state index in [1.165, 1.54) is 17.5 Å². The van der Waals surface area contributed by atoms with Crippen molar-refractivity contribution in [3.8, 4) is 5.75 Å². The first kappa shape index (κ1) is 14.2. The fraction of sp³-hybridized carbons (Fsp3) is 0.625. The van der Waals surface area contributed by atoms with Gasteiger partial charge in [-0.05, 0) is 49.6 Å². The number of ether oxygens (including phenoxy) is 2. The van der Waals surface area contributed by atoms with Gasteiger partial charge in [-0.2, -0.15) is 0 Å². The Kier molecular flexibility index (Phi) is 4.20. The van der Waals surface area contributed by atoms with E-state index in [0.29, 0.717) is 0 Å². The lowest BCUT2D eigenvalue weighted by Gasteiger charge is -2.37. The van der Waals surface area contributed by atoms with E-state index < -0.39 is 0 Å². The van der Waals surface area contributed by atoms with Crippen molar-refractivity contribution in [1.82, 2.24) is 5.32 Å². The molecule has 0 aliphatic carbocycles. The van der Waals surface area contributed by atoms with Crippen LogP contribution >= 0.6 is 11.6 Å². The predicted molar refractivity (Wildman–Crippen MR) is 80.8 cm³/mol. The molecular weight excluding hydrogens is 274 g/mol. The molecule has 1 N–H and O–H groups in total. The molecule has 2 aliphatic heterocycles. The van der Waals surface area contributed by atoms with Crippen LogP contribution in [-0.2, 0) is 17.6 Å². The fourth-order valence-electron chi connectivity index (χ4n) is 3.51. The van der Waals surface area contributed by atoms with Crippen LogP contribution in [0.4, 0.5) is 0 Å². The van der Waals surface area contributed by atoms with Gasteiger partial charge in [0.2, 0.25) is 0 Å². The van der Waals surface area contributed by atoms with E-state index in [4.69, 9.17) is 21.1 Å². The normalized spacial score (nSPS) is 25.3. The van der Waals surface area contributed by atoms with Crippen molar-refractivity contribution >= 4 is 11.6 Å². The van der Waals surface area contributed by atoms with Crippen LogP contribution in [0.5, 0.6) is 5.75 Å². The molecule has 0 saturated carbocycles. The number of benzene rings is 1. The molecule has 110 valence electrons. The van der Waals surface area contributed by atoms with Crippen LogP contribution in [0.3, 0.4) is 0 Å². The lowest BCUT2D eigenvalue weighted by atomic mass is 9.76. The standard InChI is InChI=1S/C16H22ClNO2/c1-18-10-16(4-2-5-19-11-16)9-13-8-14(17)7-12-3-6-20-15(12)13/h7-8,18H,2-6,9-11H2,1H3. The summed E-state index contributed by atoms with van der Waals surface area (Å²) in [6.07, 6.45) is 4.26. The maximum atomic E-state index is 6.27. The monoisotopic (exact) mass is 295 g/mol. The van der Waals surface area contributed by atoms with Gasteiger partial charge in [0.15, 0.2) is 0 Å². The van der Waals surface area contributed by atoms with Crippen LogP contribution in [-0.4, -0.2) is 33.4 Å². The molecule has 1 unspecified atom stereocenters. The molecule has 1 atom stereocenters. The molecule has 3 nitrogen and oxygen atoms in total. The first-order chi connectivity index (χ1) is 9.72. The molecule has 2 aliphatic rings. The first-order valence-corrected chi connectivity index (χ1v) is 7.77. The Labute approximate surface area is 125 Å².